The van der Waals surface area contributed by atoms with E-state index in [0.717, 1.165) is 10.9 Å². The molecule has 3 aromatic rings. The van der Waals surface area contributed by atoms with E-state index in [4.69, 9.17) is 4.42 Å². The molecule has 96 valence electrons. The van der Waals surface area contributed by atoms with Crippen molar-refractivity contribution < 1.29 is 13.9 Å². The summed E-state index contributed by atoms with van der Waals surface area (Å²) in [4.78, 5) is 3.86. The molecule has 1 unspecified atom stereocenters. The maximum Gasteiger partial charge on any atom is 0.156 e. The molecule has 2 heterocycles. The molecule has 3 rings (SSSR count). The van der Waals surface area contributed by atoms with Gasteiger partial charge in [0.15, 0.2) is 6.10 Å². The van der Waals surface area contributed by atoms with Crippen molar-refractivity contribution in [3.63, 3.8) is 0 Å². The molecule has 1 aromatic carbocycles. The molecular formula is C15H12FNO2. The summed E-state index contributed by atoms with van der Waals surface area (Å²) in [5.74, 6) is -0.259. The second-order valence-electron chi connectivity index (χ2n) is 4.46. The normalized spacial score (nSPS) is 12.8. The summed E-state index contributed by atoms with van der Waals surface area (Å²) in [5, 5.41) is 11.0. The number of pyridine rings is 1. The zero-order valence-corrected chi connectivity index (χ0v) is 10.3. The number of hydrogen-bond donors (Lipinski definition) is 1. The molecule has 0 radical (unpaired) electrons. The Morgan fingerprint density at radius 2 is 2.11 bits per heavy atom. The van der Waals surface area contributed by atoms with Crippen LogP contribution in [0.2, 0.25) is 0 Å². The molecule has 0 saturated heterocycles. The van der Waals surface area contributed by atoms with Gasteiger partial charge >= 0.3 is 0 Å². The van der Waals surface area contributed by atoms with Gasteiger partial charge < -0.3 is 9.52 Å². The van der Waals surface area contributed by atoms with Gasteiger partial charge in [0.1, 0.15) is 22.9 Å². The molecule has 1 N–H and O–H groups in total. The highest BCUT2D eigenvalue weighted by atomic mass is 19.1. The lowest BCUT2D eigenvalue weighted by Crippen LogP contribution is -2.03. The lowest BCUT2D eigenvalue weighted by molar-refractivity contribution is 0.182. The van der Waals surface area contributed by atoms with Crippen molar-refractivity contribution in [3.8, 4) is 0 Å². The van der Waals surface area contributed by atoms with E-state index < -0.39 is 11.9 Å². The van der Waals surface area contributed by atoms with E-state index in [1.807, 2.05) is 25.1 Å². The first-order valence-electron chi connectivity index (χ1n) is 5.94. The van der Waals surface area contributed by atoms with E-state index >= 15 is 0 Å². The van der Waals surface area contributed by atoms with Crippen molar-refractivity contribution in [2.75, 3.05) is 0 Å². The van der Waals surface area contributed by atoms with Crippen LogP contribution in [0.25, 0.3) is 11.0 Å². The molecule has 0 aliphatic carbocycles. The minimum atomic E-state index is -1.20. The molecule has 0 bridgehead atoms. The Kier molecular flexibility index (Phi) is 2.80. The first-order chi connectivity index (χ1) is 9.15. The molecular weight excluding hydrogens is 245 g/mol. The smallest absolute Gasteiger partial charge is 0.156 e. The van der Waals surface area contributed by atoms with Crippen LogP contribution >= 0.6 is 0 Å². The van der Waals surface area contributed by atoms with E-state index in [1.165, 1.54) is 18.3 Å². The highest BCUT2D eigenvalue weighted by Crippen LogP contribution is 2.28. The van der Waals surface area contributed by atoms with Crippen LogP contribution in [0.15, 0.2) is 47.0 Å². The number of nitrogens with zero attached hydrogens (tertiary/aromatic N) is 1. The highest BCUT2D eigenvalue weighted by Gasteiger charge is 2.20. The van der Waals surface area contributed by atoms with E-state index in [9.17, 15) is 9.50 Å². The lowest BCUT2D eigenvalue weighted by atomic mass is 10.1. The fourth-order valence-corrected chi connectivity index (χ4v) is 2.05. The van der Waals surface area contributed by atoms with Gasteiger partial charge in [-0.15, -0.1) is 0 Å². The SMILES string of the molecule is Cc1ccc2oc(C(O)c3ncccc3F)cc2c1. The summed E-state index contributed by atoms with van der Waals surface area (Å²) in [6.07, 6.45) is 0.239. The zero-order chi connectivity index (χ0) is 13.4. The minimum Gasteiger partial charge on any atom is -0.458 e. The Bertz CT molecular complexity index is 736. The van der Waals surface area contributed by atoms with E-state index in [-0.39, 0.29) is 5.69 Å². The Morgan fingerprint density at radius 1 is 1.26 bits per heavy atom. The highest BCUT2D eigenvalue weighted by molar-refractivity contribution is 5.78. The average molecular weight is 257 g/mol. The Morgan fingerprint density at radius 3 is 2.89 bits per heavy atom. The topological polar surface area (TPSA) is 46.3 Å². The van der Waals surface area contributed by atoms with Crippen LogP contribution in [0.1, 0.15) is 23.1 Å². The first-order valence-corrected chi connectivity index (χ1v) is 5.94. The molecule has 1 atom stereocenters. The zero-order valence-electron chi connectivity index (χ0n) is 10.3. The van der Waals surface area contributed by atoms with Crippen molar-refractivity contribution in [3.05, 3.63) is 65.4 Å². The summed E-state index contributed by atoms with van der Waals surface area (Å²) >= 11 is 0. The maximum absolute atomic E-state index is 13.6. The Hall–Kier alpha value is -2.20. The number of halogens is 1. The first kappa shape index (κ1) is 11.9. The van der Waals surface area contributed by atoms with Crippen LogP contribution in [-0.4, -0.2) is 10.1 Å². The monoisotopic (exact) mass is 257 g/mol. The molecule has 0 saturated carbocycles. The molecule has 4 heteroatoms. The number of aliphatic hydroxyl groups excluding tert-OH is 1. The van der Waals surface area contributed by atoms with Gasteiger partial charge in [-0.25, -0.2) is 4.39 Å². The van der Waals surface area contributed by atoms with Gasteiger partial charge in [0.2, 0.25) is 0 Å². The second-order valence-corrected chi connectivity index (χ2v) is 4.46. The summed E-state index contributed by atoms with van der Waals surface area (Å²) in [6, 6.07) is 10.1. The summed E-state index contributed by atoms with van der Waals surface area (Å²) in [6.45, 7) is 1.97. The average Bonchev–Trinajstić information content (AvgIpc) is 2.81. The van der Waals surface area contributed by atoms with E-state index in [2.05, 4.69) is 4.98 Å². The van der Waals surface area contributed by atoms with Gasteiger partial charge in [0.25, 0.3) is 0 Å². The summed E-state index contributed by atoms with van der Waals surface area (Å²) in [5.41, 5.74) is 1.73. The van der Waals surface area contributed by atoms with Crippen LogP contribution in [0.5, 0.6) is 0 Å². The number of aliphatic hydroxyl groups is 1. The molecule has 0 spiro atoms. The molecule has 3 nitrogen and oxygen atoms in total. The van der Waals surface area contributed by atoms with Gasteiger partial charge in [0.05, 0.1) is 0 Å². The van der Waals surface area contributed by atoms with Gasteiger partial charge in [-0.2, -0.15) is 0 Å². The Balaban J connectivity index is 2.07. The largest absolute Gasteiger partial charge is 0.458 e. The van der Waals surface area contributed by atoms with E-state index in [0.29, 0.717) is 11.3 Å². The summed E-state index contributed by atoms with van der Waals surface area (Å²) < 4.78 is 19.1. The van der Waals surface area contributed by atoms with E-state index in [1.54, 1.807) is 6.07 Å². The number of benzene rings is 1. The molecule has 0 amide bonds. The predicted octanol–water partition coefficient (Wildman–Crippen LogP) is 3.36. The van der Waals surface area contributed by atoms with Crippen LogP contribution in [0.3, 0.4) is 0 Å². The second kappa shape index (κ2) is 4.48. The quantitative estimate of drug-likeness (QED) is 0.765. The van der Waals surface area contributed by atoms with Gasteiger partial charge in [-0.05, 0) is 37.3 Å². The van der Waals surface area contributed by atoms with Crippen molar-refractivity contribution in [2.24, 2.45) is 0 Å². The number of rotatable bonds is 2. The third kappa shape index (κ3) is 2.11. The number of furan rings is 1. The number of fused-ring (bicyclic) bond motifs is 1. The van der Waals surface area contributed by atoms with Crippen molar-refractivity contribution >= 4 is 11.0 Å². The van der Waals surface area contributed by atoms with Crippen molar-refractivity contribution in [2.45, 2.75) is 13.0 Å². The molecule has 0 fully saturated rings. The standard InChI is InChI=1S/C15H12FNO2/c1-9-4-5-12-10(7-9)8-13(19-12)15(18)14-11(16)3-2-6-17-14/h2-8,15,18H,1H3. The van der Waals surface area contributed by atoms with Gasteiger partial charge in [-0.1, -0.05) is 11.6 Å². The third-order valence-corrected chi connectivity index (χ3v) is 3.01. The molecule has 19 heavy (non-hydrogen) atoms. The van der Waals surface area contributed by atoms with Crippen LogP contribution in [-0.2, 0) is 0 Å². The van der Waals surface area contributed by atoms with Gasteiger partial charge in [0, 0.05) is 11.6 Å². The molecule has 2 aromatic heterocycles. The van der Waals surface area contributed by atoms with Crippen LogP contribution < -0.4 is 0 Å². The van der Waals surface area contributed by atoms with Crippen molar-refractivity contribution in [1.82, 2.24) is 4.98 Å². The fraction of sp³-hybridized carbons (Fsp3) is 0.133. The number of aryl methyl sites for hydroxylation is 1. The number of aromatic nitrogens is 1. The van der Waals surface area contributed by atoms with Crippen LogP contribution in [0, 0.1) is 12.7 Å². The molecule has 0 aliphatic heterocycles. The van der Waals surface area contributed by atoms with Gasteiger partial charge in [-0.3, -0.25) is 4.98 Å². The minimum absolute atomic E-state index is 0.0294. The van der Waals surface area contributed by atoms with Crippen molar-refractivity contribution in [1.29, 1.82) is 0 Å². The van der Waals surface area contributed by atoms with Crippen LogP contribution in [0.4, 0.5) is 4.39 Å². The predicted molar refractivity (Wildman–Crippen MR) is 69.2 cm³/mol. The summed E-state index contributed by atoms with van der Waals surface area (Å²) in [7, 11) is 0. The Labute approximate surface area is 109 Å². The third-order valence-electron chi connectivity index (χ3n) is 3.01. The fourth-order valence-electron chi connectivity index (χ4n) is 2.05. The maximum atomic E-state index is 13.6. The molecule has 0 aliphatic rings. The number of hydrogen-bond acceptors (Lipinski definition) is 3. The lowest BCUT2D eigenvalue weighted by Gasteiger charge is -2.07.